The first-order valence-corrected chi connectivity index (χ1v) is 9.80. The molecule has 1 aliphatic heterocycles. The van der Waals surface area contributed by atoms with Gasteiger partial charge in [-0.1, -0.05) is 30.3 Å². The Kier molecular flexibility index (Phi) is 6.84. The van der Waals surface area contributed by atoms with E-state index >= 15 is 0 Å². The van der Waals surface area contributed by atoms with Crippen LogP contribution in [0.3, 0.4) is 0 Å². The van der Waals surface area contributed by atoms with Crippen molar-refractivity contribution in [2.75, 3.05) is 23.7 Å². The number of urea groups is 1. The number of hydrogen-bond acceptors (Lipinski definition) is 3. The lowest BCUT2D eigenvalue weighted by molar-refractivity contribution is -0.134. The van der Waals surface area contributed by atoms with Gasteiger partial charge in [0.15, 0.2) is 0 Å². The third kappa shape index (κ3) is 6.07. The van der Waals surface area contributed by atoms with Crippen LogP contribution >= 0.6 is 0 Å². The molecule has 0 unspecified atom stereocenters. The topological polar surface area (TPSA) is 105 Å². The summed E-state index contributed by atoms with van der Waals surface area (Å²) in [5.74, 6) is -0.0150. The van der Waals surface area contributed by atoms with Crippen LogP contribution in [0.4, 0.5) is 16.2 Å². The molecular formula is C22H26N4O3. The van der Waals surface area contributed by atoms with Crippen LogP contribution in [-0.4, -0.2) is 35.8 Å². The lowest BCUT2D eigenvalue weighted by Gasteiger charge is -2.31. The summed E-state index contributed by atoms with van der Waals surface area (Å²) in [7, 11) is 0. The molecule has 4 amide bonds. The Morgan fingerprint density at radius 2 is 1.48 bits per heavy atom. The van der Waals surface area contributed by atoms with Crippen LogP contribution in [0.15, 0.2) is 54.6 Å². The Hall–Kier alpha value is -3.35. The number of carbonyl (C=O) groups excluding carboxylic acids is 3. The number of likely N-dealkylation sites (tertiary alicyclic amines) is 1. The van der Waals surface area contributed by atoms with Crippen LogP contribution in [-0.2, 0) is 16.0 Å². The van der Waals surface area contributed by atoms with Gasteiger partial charge in [0.25, 0.3) is 0 Å². The predicted molar refractivity (Wildman–Crippen MR) is 112 cm³/mol. The number of rotatable bonds is 6. The van der Waals surface area contributed by atoms with Crippen molar-refractivity contribution in [2.45, 2.75) is 25.7 Å². The molecule has 0 bridgehead atoms. The van der Waals surface area contributed by atoms with Gasteiger partial charge in [0.05, 0.1) is 0 Å². The molecule has 29 heavy (non-hydrogen) atoms. The summed E-state index contributed by atoms with van der Waals surface area (Å²) < 4.78 is 0. The van der Waals surface area contributed by atoms with Crippen molar-refractivity contribution < 1.29 is 14.4 Å². The van der Waals surface area contributed by atoms with Crippen molar-refractivity contribution in [1.82, 2.24) is 4.90 Å². The van der Waals surface area contributed by atoms with E-state index in [9.17, 15) is 14.4 Å². The second-order valence-electron chi connectivity index (χ2n) is 7.20. The number of aryl methyl sites for hydroxylation is 1. The molecule has 1 saturated heterocycles. The van der Waals surface area contributed by atoms with Crippen molar-refractivity contribution in [3.8, 4) is 0 Å². The van der Waals surface area contributed by atoms with Crippen LogP contribution in [0, 0.1) is 5.92 Å². The van der Waals surface area contributed by atoms with Gasteiger partial charge < -0.3 is 21.3 Å². The Morgan fingerprint density at radius 3 is 2.07 bits per heavy atom. The molecule has 2 aromatic rings. The molecule has 0 saturated carbocycles. The number of primary amides is 1. The molecule has 0 atom stereocenters. The third-order valence-corrected chi connectivity index (χ3v) is 5.11. The minimum atomic E-state index is -0.633. The number of hydrogen-bond donors (Lipinski definition) is 3. The Labute approximate surface area is 170 Å². The Morgan fingerprint density at radius 1 is 0.897 bits per heavy atom. The smallest absolute Gasteiger partial charge is 0.316 e. The van der Waals surface area contributed by atoms with E-state index in [-0.39, 0.29) is 17.7 Å². The number of amides is 4. The van der Waals surface area contributed by atoms with Gasteiger partial charge >= 0.3 is 6.03 Å². The summed E-state index contributed by atoms with van der Waals surface area (Å²) >= 11 is 0. The average Bonchev–Trinajstić information content (AvgIpc) is 2.74. The van der Waals surface area contributed by atoms with E-state index in [1.807, 2.05) is 35.2 Å². The van der Waals surface area contributed by atoms with Crippen molar-refractivity contribution in [3.63, 3.8) is 0 Å². The first-order chi connectivity index (χ1) is 14.0. The van der Waals surface area contributed by atoms with Crippen molar-refractivity contribution in [3.05, 3.63) is 60.2 Å². The highest BCUT2D eigenvalue weighted by Gasteiger charge is 2.27. The second-order valence-corrected chi connectivity index (χ2v) is 7.20. The number of nitrogens with two attached hydrogens (primary N) is 1. The monoisotopic (exact) mass is 394 g/mol. The number of nitrogens with one attached hydrogen (secondary N) is 2. The molecule has 2 aromatic carbocycles. The molecule has 0 spiro atoms. The zero-order valence-electron chi connectivity index (χ0n) is 16.3. The van der Waals surface area contributed by atoms with E-state index in [4.69, 9.17) is 5.73 Å². The predicted octanol–water partition coefficient (Wildman–Crippen LogP) is 2.99. The number of nitrogens with zero attached hydrogens (tertiary/aromatic N) is 1. The van der Waals surface area contributed by atoms with Gasteiger partial charge in [-0.05, 0) is 49.1 Å². The first-order valence-electron chi connectivity index (χ1n) is 9.80. The summed E-state index contributed by atoms with van der Waals surface area (Å²) in [6.45, 7) is 1.21. The highest BCUT2D eigenvalue weighted by Crippen LogP contribution is 2.21. The van der Waals surface area contributed by atoms with Crippen LogP contribution in [0.5, 0.6) is 0 Å². The zero-order chi connectivity index (χ0) is 20.6. The minimum Gasteiger partial charge on any atom is -0.351 e. The van der Waals surface area contributed by atoms with Crippen LogP contribution < -0.4 is 16.4 Å². The summed E-state index contributed by atoms with van der Waals surface area (Å²) in [6.07, 6.45) is 2.54. The summed E-state index contributed by atoms with van der Waals surface area (Å²) in [5, 5.41) is 5.37. The quantitative estimate of drug-likeness (QED) is 0.701. The largest absolute Gasteiger partial charge is 0.351 e. The van der Waals surface area contributed by atoms with Crippen molar-refractivity contribution in [2.24, 2.45) is 11.7 Å². The molecule has 1 fully saturated rings. The molecule has 1 heterocycles. The maximum Gasteiger partial charge on any atom is 0.316 e. The molecule has 4 N–H and O–H groups in total. The van der Waals surface area contributed by atoms with Crippen LogP contribution in [0.2, 0.25) is 0 Å². The lowest BCUT2D eigenvalue weighted by atomic mass is 9.95. The Balaban J connectivity index is 1.43. The first kappa shape index (κ1) is 20.4. The SMILES string of the molecule is NC(=O)Nc1ccc(NC(=O)C2CCN(C(=O)CCc3ccccc3)CC2)cc1. The average molecular weight is 394 g/mol. The molecular weight excluding hydrogens is 368 g/mol. The normalized spacial score (nSPS) is 14.3. The molecule has 1 aliphatic rings. The van der Waals surface area contributed by atoms with E-state index in [1.165, 1.54) is 0 Å². The van der Waals surface area contributed by atoms with Gasteiger partial charge in [-0.2, -0.15) is 0 Å². The third-order valence-electron chi connectivity index (χ3n) is 5.11. The van der Waals surface area contributed by atoms with Gasteiger partial charge in [-0.3, -0.25) is 9.59 Å². The van der Waals surface area contributed by atoms with Crippen LogP contribution in [0.25, 0.3) is 0 Å². The fourth-order valence-electron chi connectivity index (χ4n) is 3.47. The van der Waals surface area contributed by atoms with E-state index in [0.29, 0.717) is 43.7 Å². The molecule has 7 heteroatoms. The number of piperidine rings is 1. The number of anilines is 2. The molecule has 0 aliphatic carbocycles. The van der Waals surface area contributed by atoms with Crippen molar-refractivity contribution >= 4 is 29.2 Å². The standard InChI is InChI=1S/C22H26N4O3/c23-22(29)25-19-9-7-18(8-10-19)24-21(28)17-12-14-26(15-13-17)20(27)11-6-16-4-2-1-3-5-16/h1-5,7-10,17H,6,11-15H2,(H,24,28)(H3,23,25,29). The van der Waals surface area contributed by atoms with Gasteiger partial charge in [0.2, 0.25) is 11.8 Å². The van der Waals surface area contributed by atoms with Crippen LogP contribution in [0.1, 0.15) is 24.8 Å². The highest BCUT2D eigenvalue weighted by molar-refractivity contribution is 5.93. The summed E-state index contributed by atoms with van der Waals surface area (Å²) in [4.78, 5) is 37.6. The lowest BCUT2D eigenvalue weighted by Crippen LogP contribution is -2.41. The molecule has 0 radical (unpaired) electrons. The second kappa shape index (κ2) is 9.73. The fraction of sp³-hybridized carbons (Fsp3) is 0.318. The van der Waals surface area contributed by atoms with E-state index in [0.717, 1.165) is 12.0 Å². The molecule has 7 nitrogen and oxygen atoms in total. The van der Waals surface area contributed by atoms with Gasteiger partial charge in [0.1, 0.15) is 0 Å². The Bertz CT molecular complexity index is 844. The molecule has 0 aromatic heterocycles. The van der Waals surface area contributed by atoms with Gasteiger partial charge in [0, 0.05) is 36.8 Å². The summed E-state index contributed by atoms with van der Waals surface area (Å²) in [5.41, 5.74) is 7.46. The summed E-state index contributed by atoms with van der Waals surface area (Å²) in [6, 6.07) is 16.1. The number of benzene rings is 2. The van der Waals surface area contributed by atoms with E-state index in [1.54, 1.807) is 24.3 Å². The number of carbonyl (C=O) groups is 3. The zero-order valence-corrected chi connectivity index (χ0v) is 16.3. The fourth-order valence-corrected chi connectivity index (χ4v) is 3.47. The maximum absolute atomic E-state index is 12.5. The molecule has 152 valence electrons. The van der Waals surface area contributed by atoms with Crippen molar-refractivity contribution in [1.29, 1.82) is 0 Å². The van der Waals surface area contributed by atoms with Gasteiger partial charge in [-0.25, -0.2) is 4.79 Å². The van der Waals surface area contributed by atoms with E-state index in [2.05, 4.69) is 10.6 Å². The molecule has 3 rings (SSSR count). The minimum absolute atomic E-state index is 0.0444. The van der Waals surface area contributed by atoms with Gasteiger partial charge in [-0.15, -0.1) is 0 Å². The van der Waals surface area contributed by atoms with E-state index < -0.39 is 6.03 Å². The maximum atomic E-state index is 12.5. The highest BCUT2D eigenvalue weighted by atomic mass is 16.2.